The molecule has 0 spiro atoms. The molecule has 0 unspecified atom stereocenters. The third-order valence-corrected chi connectivity index (χ3v) is 9.50. The van der Waals surface area contributed by atoms with Gasteiger partial charge < -0.3 is 14.0 Å². The summed E-state index contributed by atoms with van der Waals surface area (Å²) >= 11 is 0. The molecular weight excluding hydrogens is 316 g/mol. The third kappa shape index (κ3) is 6.15. The summed E-state index contributed by atoms with van der Waals surface area (Å²) in [5.41, 5.74) is 1.16. The van der Waals surface area contributed by atoms with Gasteiger partial charge in [-0.15, -0.1) is 0 Å². The van der Waals surface area contributed by atoms with Crippen LogP contribution >= 0.6 is 0 Å². The molecule has 0 amide bonds. The molecule has 1 aromatic carbocycles. The molecule has 0 saturated heterocycles. The molecule has 4 heteroatoms. The fourth-order valence-corrected chi connectivity index (χ4v) is 3.85. The molecule has 0 aliphatic heterocycles. The number of hydrogen-bond acceptors (Lipinski definition) is 3. The van der Waals surface area contributed by atoms with Crippen LogP contribution in [0.4, 0.5) is 0 Å². The molecule has 1 aromatic rings. The molecule has 0 fully saturated rings. The first-order chi connectivity index (χ1) is 11.1. The Morgan fingerprint density at radius 2 is 1.71 bits per heavy atom. The Labute approximate surface area is 148 Å². The number of ether oxygens (including phenoxy) is 1. The topological polar surface area (TPSA) is 35.5 Å². The highest BCUT2D eigenvalue weighted by molar-refractivity contribution is 6.74. The van der Waals surface area contributed by atoms with E-state index in [0.717, 1.165) is 11.8 Å². The summed E-state index contributed by atoms with van der Waals surface area (Å²) in [6.45, 7) is 16.4. The standard InChI is InChI=1S/C20H34O3Si/c1-16(13-21)19(23-24(6,7)20(3,4)5)17(2)14-22-15-18-11-9-8-10-12-18/h8-13,16-17,19H,14-15H2,1-7H3/t16-,17+,19-/m0/s1. The molecule has 136 valence electrons. The molecule has 0 radical (unpaired) electrons. The zero-order valence-corrected chi connectivity index (χ0v) is 17.3. The number of rotatable bonds is 9. The Kier molecular flexibility index (Phi) is 7.84. The van der Waals surface area contributed by atoms with E-state index in [2.05, 4.69) is 52.9 Å². The van der Waals surface area contributed by atoms with E-state index in [1.54, 1.807) is 0 Å². The molecule has 0 saturated carbocycles. The highest BCUT2D eigenvalue weighted by Gasteiger charge is 2.41. The van der Waals surface area contributed by atoms with Crippen LogP contribution in [-0.4, -0.2) is 27.3 Å². The molecule has 0 aliphatic carbocycles. The summed E-state index contributed by atoms with van der Waals surface area (Å²) in [4.78, 5) is 11.4. The average molecular weight is 351 g/mol. The van der Waals surface area contributed by atoms with E-state index in [-0.39, 0.29) is 23.0 Å². The van der Waals surface area contributed by atoms with Crippen molar-refractivity contribution in [3.63, 3.8) is 0 Å². The van der Waals surface area contributed by atoms with Gasteiger partial charge in [0.1, 0.15) is 6.29 Å². The number of benzene rings is 1. The molecule has 24 heavy (non-hydrogen) atoms. The smallest absolute Gasteiger partial charge is 0.192 e. The lowest BCUT2D eigenvalue weighted by Gasteiger charge is -2.42. The maximum absolute atomic E-state index is 11.4. The number of aldehydes is 1. The van der Waals surface area contributed by atoms with Crippen LogP contribution in [0, 0.1) is 11.8 Å². The lowest BCUT2D eigenvalue weighted by atomic mass is 9.95. The van der Waals surface area contributed by atoms with Gasteiger partial charge in [0.2, 0.25) is 0 Å². The molecule has 0 bridgehead atoms. The van der Waals surface area contributed by atoms with Crippen molar-refractivity contribution in [3.8, 4) is 0 Å². The summed E-state index contributed by atoms with van der Waals surface area (Å²) in [6.07, 6.45) is 0.907. The Morgan fingerprint density at radius 1 is 1.12 bits per heavy atom. The van der Waals surface area contributed by atoms with Crippen LogP contribution in [0.3, 0.4) is 0 Å². The lowest BCUT2D eigenvalue weighted by Crippen LogP contribution is -2.48. The Bertz CT molecular complexity index is 493. The average Bonchev–Trinajstić information content (AvgIpc) is 2.51. The second-order valence-electron chi connectivity index (χ2n) is 8.32. The van der Waals surface area contributed by atoms with Gasteiger partial charge in [0.05, 0.1) is 19.3 Å². The van der Waals surface area contributed by atoms with Crippen molar-refractivity contribution in [3.05, 3.63) is 35.9 Å². The molecule has 0 heterocycles. The van der Waals surface area contributed by atoms with Crippen LogP contribution in [0.2, 0.25) is 18.1 Å². The van der Waals surface area contributed by atoms with Gasteiger partial charge in [-0.2, -0.15) is 0 Å². The Balaban J connectivity index is 2.68. The summed E-state index contributed by atoms with van der Waals surface area (Å²) in [5, 5.41) is 0.123. The zero-order valence-electron chi connectivity index (χ0n) is 16.3. The van der Waals surface area contributed by atoms with Gasteiger partial charge in [-0.3, -0.25) is 0 Å². The minimum Gasteiger partial charge on any atom is -0.413 e. The van der Waals surface area contributed by atoms with Gasteiger partial charge in [-0.05, 0) is 23.7 Å². The normalized spacial score (nSPS) is 16.5. The lowest BCUT2D eigenvalue weighted by molar-refractivity contribution is -0.114. The summed E-state index contributed by atoms with van der Waals surface area (Å²) in [7, 11) is -1.93. The summed E-state index contributed by atoms with van der Waals surface area (Å²) in [5.74, 6) is 0.0393. The zero-order chi connectivity index (χ0) is 18.4. The maximum Gasteiger partial charge on any atom is 0.192 e. The fourth-order valence-electron chi connectivity index (χ4n) is 2.37. The van der Waals surface area contributed by atoms with Crippen molar-refractivity contribution in [2.24, 2.45) is 11.8 Å². The number of carbonyl (C=O) groups excluding carboxylic acids is 1. The SMILES string of the molecule is C[C@H](COCc1ccccc1)[C@@H](O[Si](C)(C)C(C)(C)C)[C@@H](C)C=O. The van der Waals surface area contributed by atoms with Gasteiger partial charge in [-0.25, -0.2) is 0 Å². The molecule has 0 N–H and O–H groups in total. The van der Waals surface area contributed by atoms with E-state index in [4.69, 9.17) is 9.16 Å². The van der Waals surface area contributed by atoms with Crippen molar-refractivity contribution < 1.29 is 14.0 Å². The quantitative estimate of drug-likeness (QED) is 0.461. The van der Waals surface area contributed by atoms with Crippen LogP contribution in [0.15, 0.2) is 30.3 Å². The van der Waals surface area contributed by atoms with E-state index < -0.39 is 8.32 Å². The maximum atomic E-state index is 11.4. The molecule has 0 aromatic heterocycles. The van der Waals surface area contributed by atoms with E-state index in [0.29, 0.717) is 13.2 Å². The summed E-state index contributed by atoms with van der Waals surface area (Å²) < 4.78 is 12.4. The van der Waals surface area contributed by atoms with Gasteiger partial charge in [0, 0.05) is 11.8 Å². The van der Waals surface area contributed by atoms with Crippen molar-refractivity contribution in [1.29, 1.82) is 0 Å². The van der Waals surface area contributed by atoms with Crippen molar-refractivity contribution in [2.45, 2.75) is 65.5 Å². The van der Waals surface area contributed by atoms with Gasteiger partial charge >= 0.3 is 0 Å². The van der Waals surface area contributed by atoms with Crippen molar-refractivity contribution >= 4 is 14.6 Å². The first-order valence-electron chi connectivity index (χ1n) is 8.83. The third-order valence-electron chi connectivity index (χ3n) is 5.02. The Hall–Kier alpha value is -0.973. The van der Waals surface area contributed by atoms with Crippen LogP contribution in [0.25, 0.3) is 0 Å². The second kappa shape index (κ2) is 8.93. The molecule has 1 rings (SSSR count). The predicted molar refractivity (Wildman–Crippen MR) is 103 cm³/mol. The van der Waals surface area contributed by atoms with E-state index in [9.17, 15) is 4.79 Å². The predicted octanol–water partition coefficient (Wildman–Crippen LogP) is 5.06. The first-order valence-corrected chi connectivity index (χ1v) is 11.7. The van der Waals surface area contributed by atoms with Crippen LogP contribution in [-0.2, 0) is 20.6 Å². The fraction of sp³-hybridized carbons (Fsp3) is 0.650. The number of hydrogen-bond donors (Lipinski definition) is 0. The largest absolute Gasteiger partial charge is 0.413 e. The Morgan fingerprint density at radius 3 is 2.21 bits per heavy atom. The monoisotopic (exact) mass is 350 g/mol. The van der Waals surface area contributed by atoms with Crippen LogP contribution in [0.1, 0.15) is 40.2 Å². The van der Waals surface area contributed by atoms with Crippen LogP contribution in [0.5, 0.6) is 0 Å². The first kappa shape index (κ1) is 21.1. The van der Waals surface area contributed by atoms with Gasteiger partial charge in [-0.1, -0.05) is 65.0 Å². The highest BCUT2D eigenvalue weighted by atomic mass is 28.4. The minimum atomic E-state index is -1.93. The summed E-state index contributed by atoms with van der Waals surface area (Å²) in [6, 6.07) is 10.1. The second-order valence-corrected chi connectivity index (χ2v) is 13.1. The molecule has 0 aliphatic rings. The van der Waals surface area contributed by atoms with Crippen molar-refractivity contribution in [1.82, 2.24) is 0 Å². The van der Waals surface area contributed by atoms with E-state index in [1.165, 1.54) is 0 Å². The van der Waals surface area contributed by atoms with Crippen molar-refractivity contribution in [2.75, 3.05) is 6.61 Å². The molecular formula is C20H34O3Si. The van der Waals surface area contributed by atoms with Crippen LogP contribution < -0.4 is 0 Å². The van der Waals surface area contributed by atoms with E-state index in [1.807, 2.05) is 25.1 Å². The number of carbonyl (C=O) groups is 1. The van der Waals surface area contributed by atoms with Gasteiger partial charge in [0.25, 0.3) is 0 Å². The minimum absolute atomic E-state index is 0.0980. The molecule has 3 atom stereocenters. The highest BCUT2D eigenvalue weighted by Crippen LogP contribution is 2.39. The van der Waals surface area contributed by atoms with Gasteiger partial charge in [0.15, 0.2) is 8.32 Å². The van der Waals surface area contributed by atoms with E-state index >= 15 is 0 Å². The molecule has 3 nitrogen and oxygen atoms in total.